The lowest BCUT2D eigenvalue weighted by atomic mass is 10.1. The van der Waals surface area contributed by atoms with Gasteiger partial charge in [0.15, 0.2) is 0 Å². The minimum atomic E-state index is 0.0195. The Hall–Kier alpha value is -1.17. The molecule has 2 unspecified atom stereocenters. The van der Waals surface area contributed by atoms with E-state index in [-0.39, 0.29) is 18.2 Å². The van der Waals surface area contributed by atoms with Crippen LogP contribution in [0.15, 0.2) is 18.3 Å². The lowest BCUT2D eigenvalue weighted by molar-refractivity contribution is -0.00461. The molecule has 1 saturated heterocycles. The predicted octanol–water partition coefficient (Wildman–Crippen LogP) is 1.34. The second-order valence-corrected chi connectivity index (χ2v) is 4.91. The SMILES string of the molecule is CC[C@H](N)c1ccc(N2CC(OC)C(OC)C2)cn1. The van der Waals surface area contributed by atoms with E-state index >= 15 is 0 Å². The third-order valence-electron chi connectivity index (χ3n) is 3.78. The highest BCUT2D eigenvalue weighted by molar-refractivity contribution is 5.46. The fourth-order valence-electron chi connectivity index (χ4n) is 2.42. The molecule has 1 aromatic heterocycles. The summed E-state index contributed by atoms with van der Waals surface area (Å²) in [4.78, 5) is 6.68. The van der Waals surface area contributed by atoms with Crippen LogP contribution in [-0.2, 0) is 9.47 Å². The zero-order chi connectivity index (χ0) is 13.8. The molecule has 0 bridgehead atoms. The number of hydrogen-bond donors (Lipinski definition) is 1. The van der Waals surface area contributed by atoms with Gasteiger partial charge in [-0.3, -0.25) is 4.98 Å². The number of aromatic nitrogens is 1. The highest BCUT2D eigenvalue weighted by Gasteiger charge is 2.33. The Bertz CT molecular complexity index is 384. The summed E-state index contributed by atoms with van der Waals surface area (Å²) in [7, 11) is 3.45. The van der Waals surface area contributed by atoms with E-state index in [9.17, 15) is 0 Å². The predicted molar refractivity (Wildman–Crippen MR) is 75.3 cm³/mol. The van der Waals surface area contributed by atoms with Gasteiger partial charge in [-0.1, -0.05) is 6.92 Å². The number of pyridine rings is 1. The molecule has 2 rings (SSSR count). The normalized spacial score (nSPS) is 24.7. The van der Waals surface area contributed by atoms with Gasteiger partial charge in [-0.25, -0.2) is 0 Å². The van der Waals surface area contributed by atoms with Crippen LogP contribution in [0.5, 0.6) is 0 Å². The van der Waals surface area contributed by atoms with Crippen LogP contribution in [0, 0.1) is 0 Å². The minimum absolute atomic E-state index is 0.0195. The molecule has 5 nitrogen and oxygen atoms in total. The number of hydrogen-bond acceptors (Lipinski definition) is 5. The molecule has 0 amide bonds. The Morgan fingerprint density at radius 3 is 2.37 bits per heavy atom. The molecule has 2 heterocycles. The van der Waals surface area contributed by atoms with Gasteiger partial charge in [-0.15, -0.1) is 0 Å². The van der Waals surface area contributed by atoms with Crippen molar-refractivity contribution in [2.24, 2.45) is 5.73 Å². The first-order valence-electron chi connectivity index (χ1n) is 6.71. The third-order valence-corrected chi connectivity index (χ3v) is 3.78. The maximum atomic E-state index is 5.97. The Balaban J connectivity index is 2.07. The maximum Gasteiger partial charge on any atom is 0.102 e. The van der Waals surface area contributed by atoms with E-state index < -0.39 is 0 Å². The van der Waals surface area contributed by atoms with Gasteiger partial charge < -0.3 is 20.1 Å². The molecule has 0 aliphatic carbocycles. The fourth-order valence-corrected chi connectivity index (χ4v) is 2.42. The first kappa shape index (κ1) is 14.2. The number of nitrogens with zero attached hydrogens (tertiary/aromatic N) is 2. The molecule has 1 fully saturated rings. The van der Waals surface area contributed by atoms with Crippen molar-refractivity contribution < 1.29 is 9.47 Å². The standard InChI is InChI=1S/C14H23N3O2/c1-4-11(15)12-6-5-10(7-16-12)17-8-13(18-2)14(9-17)19-3/h5-7,11,13-14H,4,8-9,15H2,1-3H3/t11-,13?,14?/m0/s1. The molecule has 1 aliphatic rings. The van der Waals surface area contributed by atoms with Crippen LogP contribution < -0.4 is 10.6 Å². The topological polar surface area (TPSA) is 60.6 Å². The second kappa shape index (κ2) is 6.32. The molecule has 0 radical (unpaired) electrons. The largest absolute Gasteiger partial charge is 0.377 e. The van der Waals surface area contributed by atoms with Crippen LogP contribution in [0.1, 0.15) is 25.1 Å². The molecule has 3 atom stereocenters. The number of rotatable bonds is 5. The van der Waals surface area contributed by atoms with Crippen molar-refractivity contribution in [3.05, 3.63) is 24.0 Å². The van der Waals surface area contributed by atoms with Crippen molar-refractivity contribution >= 4 is 5.69 Å². The van der Waals surface area contributed by atoms with Crippen LogP contribution in [0.2, 0.25) is 0 Å². The summed E-state index contributed by atoms with van der Waals surface area (Å²) in [6, 6.07) is 4.10. The number of methoxy groups -OCH3 is 2. The van der Waals surface area contributed by atoms with Gasteiger partial charge in [0.05, 0.1) is 17.6 Å². The molecule has 106 valence electrons. The summed E-state index contributed by atoms with van der Waals surface area (Å²) < 4.78 is 10.9. The van der Waals surface area contributed by atoms with E-state index in [1.54, 1.807) is 14.2 Å². The van der Waals surface area contributed by atoms with Crippen LogP contribution >= 0.6 is 0 Å². The monoisotopic (exact) mass is 265 g/mol. The molecule has 5 heteroatoms. The van der Waals surface area contributed by atoms with E-state index in [4.69, 9.17) is 15.2 Å². The quantitative estimate of drug-likeness (QED) is 0.870. The van der Waals surface area contributed by atoms with Gasteiger partial charge in [-0.2, -0.15) is 0 Å². The lowest BCUT2D eigenvalue weighted by Crippen LogP contribution is -2.27. The highest BCUT2D eigenvalue weighted by atomic mass is 16.5. The Kier molecular flexibility index (Phi) is 4.74. The van der Waals surface area contributed by atoms with E-state index in [0.717, 1.165) is 30.9 Å². The summed E-state index contributed by atoms with van der Waals surface area (Å²) >= 11 is 0. The van der Waals surface area contributed by atoms with Crippen molar-refractivity contribution in [2.45, 2.75) is 31.6 Å². The third kappa shape index (κ3) is 3.05. The van der Waals surface area contributed by atoms with Gasteiger partial charge in [0.25, 0.3) is 0 Å². The van der Waals surface area contributed by atoms with Crippen molar-refractivity contribution in [2.75, 3.05) is 32.2 Å². The summed E-state index contributed by atoms with van der Waals surface area (Å²) in [5, 5.41) is 0. The Labute approximate surface area is 114 Å². The first-order chi connectivity index (χ1) is 9.19. The van der Waals surface area contributed by atoms with E-state index in [1.807, 2.05) is 12.3 Å². The molecular formula is C14H23N3O2. The molecule has 0 saturated carbocycles. The molecule has 1 aliphatic heterocycles. The summed E-state index contributed by atoms with van der Waals surface area (Å²) in [5.41, 5.74) is 8.00. The van der Waals surface area contributed by atoms with Crippen molar-refractivity contribution in [1.82, 2.24) is 4.98 Å². The van der Waals surface area contributed by atoms with Gasteiger partial charge >= 0.3 is 0 Å². The fraction of sp³-hybridized carbons (Fsp3) is 0.643. The van der Waals surface area contributed by atoms with Gasteiger partial charge in [0.2, 0.25) is 0 Å². The molecule has 19 heavy (non-hydrogen) atoms. The van der Waals surface area contributed by atoms with E-state index in [1.165, 1.54) is 0 Å². The molecular weight excluding hydrogens is 242 g/mol. The molecule has 1 aromatic rings. The van der Waals surface area contributed by atoms with Crippen molar-refractivity contribution in [1.29, 1.82) is 0 Å². The van der Waals surface area contributed by atoms with Gasteiger partial charge in [0, 0.05) is 33.4 Å². The summed E-state index contributed by atoms with van der Waals surface area (Å²) in [5.74, 6) is 0. The smallest absolute Gasteiger partial charge is 0.102 e. The maximum absolute atomic E-state index is 5.97. The van der Waals surface area contributed by atoms with Gasteiger partial charge in [0.1, 0.15) is 12.2 Å². The lowest BCUT2D eigenvalue weighted by Gasteiger charge is -2.18. The first-order valence-corrected chi connectivity index (χ1v) is 6.71. The summed E-state index contributed by atoms with van der Waals surface area (Å²) in [6.45, 7) is 3.72. The second-order valence-electron chi connectivity index (χ2n) is 4.91. The zero-order valence-corrected chi connectivity index (χ0v) is 11.9. The van der Waals surface area contributed by atoms with E-state index in [2.05, 4.69) is 22.9 Å². The molecule has 2 N–H and O–H groups in total. The van der Waals surface area contributed by atoms with Crippen LogP contribution in [-0.4, -0.2) is 44.5 Å². The number of anilines is 1. The van der Waals surface area contributed by atoms with Crippen molar-refractivity contribution in [3.8, 4) is 0 Å². The highest BCUT2D eigenvalue weighted by Crippen LogP contribution is 2.23. The zero-order valence-electron chi connectivity index (χ0n) is 11.9. The van der Waals surface area contributed by atoms with E-state index in [0.29, 0.717) is 0 Å². The van der Waals surface area contributed by atoms with Gasteiger partial charge in [-0.05, 0) is 18.6 Å². The molecule has 0 aromatic carbocycles. The summed E-state index contributed by atoms with van der Waals surface area (Å²) in [6.07, 6.45) is 3.01. The van der Waals surface area contributed by atoms with Crippen LogP contribution in [0.4, 0.5) is 5.69 Å². The van der Waals surface area contributed by atoms with Crippen LogP contribution in [0.3, 0.4) is 0 Å². The molecule has 0 spiro atoms. The minimum Gasteiger partial charge on any atom is -0.377 e. The number of nitrogens with two attached hydrogens (primary N) is 1. The Morgan fingerprint density at radius 1 is 1.32 bits per heavy atom. The van der Waals surface area contributed by atoms with Crippen molar-refractivity contribution in [3.63, 3.8) is 0 Å². The number of ether oxygens (including phenoxy) is 2. The average molecular weight is 265 g/mol. The van der Waals surface area contributed by atoms with Crippen LogP contribution in [0.25, 0.3) is 0 Å². The average Bonchev–Trinajstić information content (AvgIpc) is 2.89. The Morgan fingerprint density at radius 2 is 1.95 bits per heavy atom.